The van der Waals surface area contributed by atoms with Crippen molar-refractivity contribution in [2.24, 2.45) is 5.73 Å². The van der Waals surface area contributed by atoms with Crippen molar-refractivity contribution in [2.75, 3.05) is 0 Å². The molecular weight excluding hydrogens is 162 g/mol. The van der Waals surface area contributed by atoms with Gasteiger partial charge in [-0.2, -0.15) is 0 Å². The molecule has 0 aromatic carbocycles. The van der Waals surface area contributed by atoms with E-state index < -0.39 is 0 Å². The zero-order valence-electron chi connectivity index (χ0n) is 7.61. The molecule has 13 heavy (non-hydrogen) atoms. The summed E-state index contributed by atoms with van der Waals surface area (Å²) in [5.41, 5.74) is 6.78. The molecule has 1 fully saturated rings. The maximum absolute atomic E-state index is 5.68. The lowest BCUT2D eigenvalue weighted by atomic mass is 9.88. The average molecular weight is 177 g/mol. The Morgan fingerprint density at radius 1 is 1.46 bits per heavy atom. The number of nitrogens with two attached hydrogens (primary N) is 1. The third-order valence-electron chi connectivity index (χ3n) is 2.47. The predicted octanol–water partition coefficient (Wildman–Crippen LogP) is 0.661. The molecule has 0 atom stereocenters. The summed E-state index contributed by atoms with van der Waals surface area (Å²) in [6.45, 7) is 0.859. The van der Waals surface area contributed by atoms with Crippen LogP contribution in [-0.4, -0.2) is 17.1 Å². The molecule has 0 aliphatic heterocycles. The molecular formula is C10H15N3. The molecule has 3 heteroatoms. The van der Waals surface area contributed by atoms with Crippen molar-refractivity contribution in [2.45, 2.75) is 31.5 Å². The Bertz CT molecular complexity index is 254. The summed E-state index contributed by atoms with van der Waals surface area (Å²) in [6, 6.07) is 7.00. The highest BCUT2D eigenvalue weighted by Crippen LogP contribution is 2.17. The summed E-state index contributed by atoms with van der Waals surface area (Å²) in [5, 5.41) is 3.42. The Balaban J connectivity index is 1.74. The molecule has 2 rings (SSSR count). The van der Waals surface area contributed by atoms with Crippen LogP contribution in [0.1, 0.15) is 18.5 Å². The van der Waals surface area contributed by atoms with Crippen LogP contribution in [0.25, 0.3) is 0 Å². The number of rotatable bonds is 3. The Kier molecular flexibility index (Phi) is 2.57. The van der Waals surface area contributed by atoms with Crippen LogP contribution in [-0.2, 0) is 6.54 Å². The van der Waals surface area contributed by atoms with Crippen molar-refractivity contribution in [1.29, 1.82) is 0 Å². The predicted molar refractivity (Wildman–Crippen MR) is 52.1 cm³/mol. The second kappa shape index (κ2) is 3.85. The van der Waals surface area contributed by atoms with Crippen LogP contribution in [0.15, 0.2) is 24.4 Å². The highest BCUT2D eigenvalue weighted by Gasteiger charge is 2.24. The summed E-state index contributed by atoms with van der Waals surface area (Å²) < 4.78 is 0. The first-order valence-corrected chi connectivity index (χ1v) is 4.73. The van der Waals surface area contributed by atoms with Gasteiger partial charge in [0.2, 0.25) is 0 Å². The van der Waals surface area contributed by atoms with E-state index in [1.807, 2.05) is 24.4 Å². The van der Waals surface area contributed by atoms with E-state index in [2.05, 4.69) is 10.3 Å². The molecule has 3 nitrogen and oxygen atoms in total. The van der Waals surface area contributed by atoms with Gasteiger partial charge in [0.25, 0.3) is 0 Å². The Morgan fingerprint density at radius 2 is 2.31 bits per heavy atom. The number of hydrogen-bond acceptors (Lipinski definition) is 3. The highest BCUT2D eigenvalue weighted by atomic mass is 15.0. The van der Waals surface area contributed by atoms with Crippen LogP contribution in [0.3, 0.4) is 0 Å². The van der Waals surface area contributed by atoms with Gasteiger partial charge < -0.3 is 11.1 Å². The lowest BCUT2D eigenvalue weighted by Crippen LogP contribution is -2.48. The van der Waals surface area contributed by atoms with Gasteiger partial charge in [0.1, 0.15) is 0 Å². The van der Waals surface area contributed by atoms with Gasteiger partial charge in [-0.3, -0.25) is 4.98 Å². The molecule has 70 valence electrons. The van der Waals surface area contributed by atoms with Gasteiger partial charge in [-0.05, 0) is 25.0 Å². The van der Waals surface area contributed by atoms with Crippen LogP contribution in [0.5, 0.6) is 0 Å². The average Bonchev–Trinajstić information content (AvgIpc) is 2.12. The molecule has 1 aromatic rings. The third-order valence-corrected chi connectivity index (χ3v) is 2.47. The summed E-state index contributed by atoms with van der Waals surface area (Å²) in [5.74, 6) is 0. The van der Waals surface area contributed by atoms with E-state index in [0.29, 0.717) is 12.1 Å². The van der Waals surface area contributed by atoms with E-state index in [9.17, 15) is 0 Å². The fraction of sp³-hybridized carbons (Fsp3) is 0.500. The molecule has 1 aliphatic rings. The summed E-state index contributed by atoms with van der Waals surface area (Å²) in [7, 11) is 0. The molecule has 1 saturated carbocycles. The van der Waals surface area contributed by atoms with Crippen molar-refractivity contribution in [1.82, 2.24) is 10.3 Å². The van der Waals surface area contributed by atoms with Gasteiger partial charge in [0.05, 0.1) is 5.69 Å². The number of nitrogens with zero attached hydrogens (tertiary/aromatic N) is 1. The Morgan fingerprint density at radius 3 is 2.92 bits per heavy atom. The Labute approximate surface area is 78.4 Å². The highest BCUT2D eigenvalue weighted by molar-refractivity contribution is 5.03. The fourth-order valence-corrected chi connectivity index (χ4v) is 1.58. The minimum Gasteiger partial charge on any atom is -0.328 e. The molecule has 0 bridgehead atoms. The second-order valence-electron chi connectivity index (χ2n) is 3.63. The zero-order chi connectivity index (χ0) is 9.10. The van der Waals surface area contributed by atoms with E-state index in [1.54, 1.807) is 0 Å². The maximum Gasteiger partial charge on any atom is 0.0541 e. The van der Waals surface area contributed by atoms with Crippen molar-refractivity contribution < 1.29 is 0 Å². The molecule has 3 N–H and O–H groups in total. The topological polar surface area (TPSA) is 50.9 Å². The maximum atomic E-state index is 5.68. The van der Waals surface area contributed by atoms with Crippen LogP contribution >= 0.6 is 0 Å². The van der Waals surface area contributed by atoms with E-state index in [1.165, 1.54) is 0 Å². The van der Waals surface area contributed by atoms with Gasteiger partial charge in [-0.1, -0.05) is 6.07 Å². The third kappa shape index (κ3) is 2.26. The molecule has 0 unspecified atom stereocenters. The van der Waals surface area contributed by atoms with Gasteiger partial charge in [0, 0.05) is 24.8 Å². The first-order chi connectivity index (χ1) is 6.34. The minimum absolute atomic E-state index is 0.418. The molecule has 1 aliphatic carbocycles. The van der Waals surface area contributed by atoms with Crippen LogP contribution in [0.4, 0.5) is 0 Å². The van der Waals surface area contributed by atoms with Crippen LogP contribution < -0.4 is 11.1 Å². The number of nitrogens with one attached hydrogen (secondary N) is 1. The van der Waals surface area contributed by atoms with E-state index in [0.717, 1.165) is 25.1 Å². The van der Waals surface area contributed by atoms with E-state index in [4.69, 9.17) is 5.73 Å². The van der Waals surface area contributed by atoms with Crippen LogP contribution in [0.2, 0.25) is 0 Å². The molecule has 0 spiro atoms. The van der Waals surface area contributed by atoms with Gasteiger partial charge in [0.15, 0.2) is 0 Å². The minimum atomic E-state index is 0.418. The summed E-state index contributed by atoms with van der Waals surface area (Å²) >= 11 is 0. The van der Waals surface area contributed by atoms with Gasteiger partial charge in [-0.25, -0.2) is 0 Å². The standard InChI is InChI=1S/C10H15N3/c11-8-5-10(6-8)13-7-9-3-1-2-4-12-9/h1-4,8,10,13H,5-7,11H2. The first-order valence-electron chi connectivity index (χ1n) is 4.73. The van der Waals surface area contributed by atoms with E-state index in [-0.39, 0.29) is 0 Å². The summed E-state index contributed by atoms with van der Waals surface area (Å²) in [6.07, 6.45) is 4.03. The second-order valence-corrected chi connectivity index (χ2v) is 3.63. The summed E-state index contributed by atoms with van der Waals surface area (Å²) in [4.78, 5) is 4.23. The van der Waals surface area contributed by atoms with Crippen molar-refractivity contribution in [3.05, 3.63) is 30.1 Å². The van der Waals surface area contributed by atoms with E-state index >= 15 is 0 Å². The lowest BCUT2D eigenvalue weighted by molar-refractivity contribution is 0.290. The first kappa shape index (κ1) is 8.66. The van der Waals surface area contributed by atoms with Crippen molar-refractivity contribution in [3.8, 4) is 0 Å². The normalized spacial score (nSPS) is 26.8. The number of hydrogen-bond donors (Lipinski definition) is 2. The van der Waals surface area contributed by atoms with Crippen molar-refractivity contribution >= 4 is 0 Å². The molecule has 0 saturated heterocycles. The Hall–Kier alpha value is -0.930. The zero-order valence-corrected chi connectivity index (χ0v) is 7.61. The SMILES string of the molecule is NC1CC(NCc2ccccn2)C1. The quantitative estimate of drug-likeness (QED) is 0.713. The molecule has 1 heterocycles. The largest absolute Gasteiger partial charge is 0.328 e. The smallest absolute Gasteiger partial charge is 0.0541 e. The monoisotopic (exact) mass is 177 g/mol. The van der Waals surface area contributed by atoms with Gasteiger partial charge in [-0.15, -0.1) is 0 Å². The molecule has 1 aromatic heterocycles. The number of pyridine rings is 1. The molecule has 0 amide bonds. The van der Waals surface area contributed by atoms with Crippen molar-refractivity contribution in [3.63, 3.8) is 0 Å². The molecule has 0 radical (unpaired) electrons. The van der Waals surface area contributed by atoms with Crippen LogP contribution in [0, 0.1) is 0 Å². The number of aromatic nitrogens is 1. The fourth-order valence-electron chi connectivity index (χ4n) is 1.58. The van der Waals surface area contributed by atoms with Gasteiger partial charge >= 0.3 is 0 Å². The lowest BCUT2D eigenvalue weighted by Gasteiger charge is -2.33.